The monoisotopic (exact) mass is 230 g/mol. The number of aryl methyl sites for hydroxylation is 1. The maximum atomic E-state index is 5.90. The summed E-state index contributed by atoms with van der Waals surface area (Å²) in [5.41, 5.74) is 1.04. The lowest BCUT2D eigenvalue weighted by Gasteiger charge is -2.11. The molecule has 0 aliphatic rings. The Balaban J connectivity index is 2.55. The van der Waals surface area contributed by atoms with Crippen LogP contribution in [0.15, 0.2) is 18.2 Å². The Morgan fingerprint density at radius 2 is 2.21 bits per heavy atom. The molecule has 1 atom stereocenters. The van der Waals surface area contributed by atoms with Crippen LogP contribution in [0.3, 0.4) is 0 Å². The van der Waals surface area contributed by atoms with Crippen LogP contribution < -0.4 is 4.74 Å². The van der Waals surface area contributed by atoms with Crippen molar-refractivity contribution in [1.82, 2.24) is 0 Å². The highest BCUT2D eigenvalue weighted by atomic mass is 35.5. The van der Waals surface area contributed by atoms with Crippen LogP contribution >= 0.6 is 24.2 Å². The van der Waals surface area contributed by atoms with Gasteiger partial charge in [-0.05, 0) is 42.4 Å². The molecule has 0 amide bonds. The van der Waals surface area contributed by atoms with E-state index in [-0.39, 0.29) is 0 Å². The van der Waals surface area contributed by atoms with Gasteiger partial charge in [0.1, 0.15) is 5.75 Å². The molecular formula is C11H15ClOS. The first-order chi connectivity index (χ1) is 6.63. The number of benzene rings is 1. The molecule has 0 heterocycles. The molecule has 0 spiro atoms. The molecule has 0 aliphatic heterocycles. The van der Waals surface area contributed by atoms with E-state index in [1.807, 2.05) is 25.1 Å². The lowest BCUT2D eigenvalue weighted by atomic mass is 10.2. The van der Waals surface area contributed by atoms with E-state index in [2.05, 4.69) is 19.6 Å². The Kier molecular flexibility index (Phi) is 4.63. The molecule has 1 rings (SSSR count). The normalized spacial score (nSPS) is 12.6. The van der Waals surface area contributed by atoms with Crippen molar-refractivity contribution in [3.63, 3.8) is 0 Å². The molecule has 0 saturated heterocycles. The zero-order valence-corrected chi connectivity index (χ0v) is 10.1. The first kappa shape index (κ1) is 11.7. The second-order valence-electron chi connectivity index (χ2n) is 3.51. The van der Waals surface area contributed by atoms with Crippen LogP contribution in [0.1, 0.15) is 12.5 Å². The number of rotatable bonds is 4. The van der Waals surface area contributed by atoms with Crippen LogP contribution in [0.4, 0.5) is 0 Å². The van der Waals surface area contributed by atoms with E-state index in [1.54, 1.807) is 0 Å². The molecule has 0 radical (unpaired) electrons. The SMILES string of the molecule is Cc1cc(OCC(C)CS)ccc1Cl. The van der Waals surface area contributed by atoms with Gasteiger partial charge in [0.05, 0.1) is 6.61 Å². The van der Waals surface area contributed by atoms with Crippen LogP contribution in [0.5, 0.6) is 5.75 Å². The summed E-state index contributed by atoms with van der Waals surface area (Å²) in [6.45, 7) is 4.78. The smallest absolute Gasteiger partial charge is 0.119 e. The van der Waals surface area contributed by atoms with Crippen LogP contribution in [-0.2, 0) is 0 Å². The Labute approximate surface area is 95.8 Å². The van der Waals surface area contributed by atoms with E-state index in [9.17, 15) is 0 Å². The van der Waals surface area contributed by atoms with Gasteiger partial charge in [0.2, 0.25) is 0 Å². The summed E-state index contributed by atoms with van der Waals surface area (Å²) in [4.78, 5) is 0. The van der Waals surface area contributed by atoms with Crippen molar-refractivity contribution in [2.45, 2.75) is 13.8 Å². The Morgan fingerprint density at radius 1 is 1.50 bits per heavy atom. The van der Waals surface area contributed by atoms with E-state index < -0.39 is 0 Å². The number of ether oxygens (including phenoxy) is 1. The number of halogens is 1. The van der Waals surface area contributed by atoms with Gasteiger partial charge >= 0.3 is 0 Å². The minimum Gasteiger partial charge on any atom is -0.493 e. The van der Waals surface area contributed by atoms with Crippen molar-refractivity contribution in [2.75, 3.05) is 12.4 Å². The van der Waals surface area contributed by atoms with Crippen LogP contribution in [-0.4, -0.2) is 12.4 Å². The Morgan fingerprint density at radius 3 is 2.79 bits per heavy atom. The Bertz CT molecular complexity index is 301. The van der Waals surface area contributed by atoms with Crippen molar-refractivity contribution in [3.8, 4) is 5.75 Å². The molecule has 1 unspecified atom stereocenters. The van der Waals surface area contributed by atoms with E-state index in [1.165, 1.54) is 0 Å². The van der Waals surface area contributed by atoms with E-state index >= 15 is 0 Å². The van der Waals surface area contributed by atoms with Crippen molar-refractivity contribution in [3.05, 3.63) is 28.8 Å². The quantitative estimate of drug-likeness (QED) is 0.778. The summed E-state index contributed by atoms with van der Waals surface area (Å²) < 4.78 is 5.59. The topological polar surface area (TPSA) is 9.23 Å². The van der Waals surface area contributed by atoms with Crippen molar-refractivity contribution in [2.24, 2.45) is 5.92 Å². The van der Waals surface area contributed by atoms with Crippen molar-refractivity contribution in [1.29, 1.82) is 0 Å². The van der Waals surface area contributed by atoms with Crippen LogP contribution in [0.2, 0.25) is 5.02 Å². The third-order valence-electron chi connectivity index (χ3n) is 1.98. The molecule has 3 heteroatoms. The summed E-state index contributed by atoms with van der Waals surface area (Å²) in [6.07, 6.45) is 0. The highest BCUT2D eigenvalue weighted by Gasteiger charge is 2.02. The minimum absolute atomic E-state index is 0.467. The van der Waals surface area contributed by atoms with Gasteiger partial charge in [-0.2, -0.15) is 12.6 Å². The maximum absolute atomic E-state index is 5.90. The van der Waals surface area contributed by atoms with Gasteiger partial charge in [-0.1, -0.05) is 18.5 Å². The van der Waals surface area contributed by atoms with Gasteiger partial charge in [0.15, 0.2) is 0 Å². The third kappa shape index (κ3) is 3.43. The zero-order chi connectivity index (χ0) is 10.6. The average molecular weight is 231 g/mol. The number of thiol groups is 1. The summed E-state index contributed by atoms with van der Waals surface area (Å²) in [6, 6.07) is 5.70. The average Bonchev–Trinajstić information content (AvgIpc) is 2.19. The molecule has 1 aromatic carbocycles. The standard InChI is InChI=1S/C11H15ClOS/c1-8(7-14)6-13-10-3-4-11(12)9(2)5-10/h3-5,8,14H,6-7H2,1-2H3. The molecule has 0 aliphatic carbocycles. The van der Waals surface area contributed by atoms with Crippen molar-refractivity contribution >= 4 is 24.2 Å². The maximum Gasteiger partial charge on any atom is 0.119 e. The van der Waals surface area contributed by atoms with Gasteiger partial charge in [-0.15, -0.1) is 0 Å². The van der Waals surface area contributed by atoms with Gasteiger partial charge in [-0.25, -0.2) is 0 Å². The molecule has 0 fully saturated rings. The molecule has 78 valence electrons. The van der Waals surface area contributed by atoms with Gasteiger partial charge < -0.3 is 4.74 Å². The molecule has 14 heavy (non-hydrogen) atoms. The first-order valence-corrected chi connectivity index (χ1v) is 5.64. The zero-order valence-electron chi connectivity index (χ0n) is 8.46. The summed E-state index contributed by atoms with van der Waals surface area (Å²) >= 11 is 10.1. The summed E-state index contributed by atoms with van der Waals surface area (Å²) in [5.74, 6) is 2.18. The lowest BCUT2D eigenvalue weighted by Crippen LogP contribution is -2.09. The lowest BCUT2D eigenvalue weighted by molar-refractivity contribution is 0.273. The van der Waals surface area contributed by atoms with E-state index in [0.717, 1.165) is 22.1 Å². The molecule has 0 bridgehead atoms. The van der Waals surface area contributed by atoms with Gasteiger partial charge in [0, 0.05) is 5.02 Å². The minimum atomic E-state index is 0.467. The fourth-order valence-corrected chi connectivity index (χ4v) is 1.22. The molecule has 0 saturated carbocycles. The summed E-state index contributed by atoms with van der Waals surface area (Å²) in [7, 11) is 0. The van der Waals surface area contributed by atoms with Gasteiger partial charge in [-0.3, -0.25) is 0 Å². The third-order valence-corrected chi connectivity index (χ3v) is 3.02. The van der Waals surface area contributed by atoms with E-state index in [0.29, 0.717) is 12.5 Å². The molecule has 0 N–H and O–H groups in total. The predicted octanol–water partition coefficient (Wildman–Crippen LogP) is 3.59. The first-order valence-electron chi connectivity index (χ1n) is 4.63. The van der Waals surface area contributed by atoms with Crippen molar-refractivity contribution < 1.29 is 4.74 Å². The highest BCUT2D eigenvalue weighted by Crippen LogP contribution is 2.21. The molecule has 0 aromatic heterocycles. The molecule has 1 aromatic rings. The fraction of sp³-hybridized carbons (Fsp3) is 0.455. The largest absolute Gasteiger partial charge is 0.493 e. The molecular weight excluding hydrogens is 216 g/mol. The Hall–Kier alpha value is -0.340. The van der Waals surface area contributed by atoms with Gasteiger partial charge in [0.25, 0.3) is 0 Å². The van der Waals surface area contributed by atoms with Crippen LogP contribution in [0.25, 0.3) is 0 Å². The number of hydrogen-bond acceptors (Lipinski definition) is 2. The number of hydrogen-bond donors (Lipinski definition) is 1. The predicted molar refractivity (Wildman–Crippen MR) is 64.7 cm³/mol. The highest BCUT2D eigenvalue weighted by molar-refractivity contribution is 7.80. The van der Waals surface area contributed by atoms with E-state index in [4.69, 9.17) is 16.3 Å². The fourth-order valence-electron chi connectivity index (χ4n) is 0.998. The second-order valence-corrected chi connectivity index (χ2v) is 4.28. The molecule has 1 nitrogen and oxygen atoms in total. The van der Waals surface area contributed by atoms with Crippen LogP contribution in [0, 0.1) is 12.8 Å². The second kappa shape index (κ2) is 5.52. The summed E-state index contributed by atoms with van der Waals surface area (Å²) in [5, 5.41) is 0.777.